The number of quaternary nitrogens is 1. The van der Waals surface area contributed by atoms with E-state index in [4.69, 9.17) is 0 Å². The Bertz CT molecular complexity index is 527. The van der Waals surface area contributed by atoms with Gasteiger partial charge in [0, 0.05) is 4.47 Å². The smallest absolute Gasteiger partial charge is 0.236 e. The number of fused-ring (bicyclic) bond motifs is 1. The molecule has 0 saturated heterocycles. The Hall–Kier alpha value is -0.710. The lowest BCUT2D eigenvalue weighted by molar-refractivity contribution is -0.834. The summed E-state index contributed by atoms with van der Waals surface area (Å²) in [7, 11) is 0. The monoisotopic (exact) mass is 343 g/mol. The fraction of sp³-hybridized carbons (Fsp3) is 0.429. The molecular formula is C14H19BrClN3. The van der Waals surface area contributed by atoms with Gasteiger partial charge in [0.05, 0.1) is 24.0 Å². The number of benzene rings is 1. The third-order valence-electron chi connectivity index (χ3n) is 3.04. The SMILES string of the molecule is CCC[NH+](CCC)c1ncnc2ccc(Br)cc12.[Cl-]. The summed E-state index contributed by atoms with van der Waals surface area (Å²) >= 11 is 3.53. The zero-order valence-electron chi connectivity index (χ0n) is 11.3. The summed E-state index contributed by atoms with van der Waals surface area (Å²) in [5.41, 5.74) is 1.02. The van der Waals surface area contributed by atoms with Gasteiger partial charge in [-0.15, -0.1) is 0 Å². The van der Waals surface area contributed by atoms with Crippen LogP contribution in [-0.4, -0.2) is 23.1 Å². The average Bonchev–Trinajstić information content (AvgIpc) is 2.38. The van der Waals surface area contributed by atoms with E-state index in [2.05, 4.69) is 45.8 Å². The van der Waals surface area contributed by atoms with Crippen LogP contribution in [-0.2, 0) is 0 Å². The zero-order valence-corrected chi connectivity index (χ0v) is 13.6. The highest BCUT2D eigenvalue weighted by atomic mass is 79.9. The molecule has 19 heavy (non-hydrogen) atoms. The maximum Gasteiger partial charge on any atom is 0.236 e. The van der Waals surface area contributed by atoms with Crippen LogP contribution < -0.4 is 17.3 Å². The minimum Gasteiger partial charge on any atom is -1.00 e. The van der Waals surface area contributed by atoms with Gasteiger partial charge in [0.2, 0.25) is 5.82 Å². The van der Waals surface area contributed by atoms with Crippen LogP contribution in [0.4, 0.5) is 5.82 Å². The fourth-order valence-corrected chi connectivity index (χ4v) is 2.64. The Balaban J connectivity index is 0.00000180. The van der Waals surface area contributed by atoms with Gasteiger partial charge in [-0.3, -0.25) is 4.90 Å². The minimum absolute atomic E-state index is 0. The summed E-state index contributed by atoms with van der Waals surface area (Å²) in [6.45, 7) is 6.67. The second kappa shape index (κ2) is 7.78. The Morgan fingerprint density at radius 3 is 2.42 bits per heavy atom. The van der Waals surface area contributed by atoms with Crippen molar-refractivity contribution in [3.8, 4) is 0 Å². The largest absolute Gasteiger partial charge is 1.00 e. The third kappa shape index (κ3) is 3.88. The van der Waals surface area contributed by atoms with E-state index in [-0.39, 0.29) is 12.4 Å². The van der Waals surface area contributed by atoms with Gasteiger partial charge in [0.1, 0.15) is 6.33 Å². The van der Waals surface area contributed by atoms with E-state index in [1.165, 1.54) is 4.90 Å². The van der Waals surface area contributed by atoms with E-state index in [9.17, 15) is 0 Å². The summed E-state index contributed by atoms with van der Waals surface area (Å²) in [5, 5.41) is 1.16. The molecule has 0 radical (unpaired) electrons. The first-order valence-electron chi connectivity index (χ1n) is 6.51. The molecule has 0 aliphatic rings. The van der Waals surface area contributed by atoms with Gasteiger partial charge in [-0.1, -0.05) is 29.8 Å². The average molecular weight is 345 g/mol. The Labute approximate surface area is 129 Å². The molecule has 5 heteroatoms. The molecule has 2 aromatic rings. The van der Waals surface area contributed by atoms with Gasteiger partial charge in [0.25, 0.3) is 0 Å². The highest BCUT2D eigenvalue weighted by Gasteiger charge is 2.16. The van der Waals surface area contributed by atoms with Crippen LogP contribution in [0.1, 0.15) is 26.7 Å². The molecule has 1 heterocycles. The summed E-state index contributed by atoms with van der Waals surface area (Å²) < 4.78 is 1.08. The first-order valence-corrected chi connectivity index (χ1v) is 7.30. The van der Waals surface area contributed by atoms with Gasteiger partial charge >= 0.3 is 0 Å². The second-order valence-corrected chi connectivity index (χ2v) is 5.40. The van der Waals surface area contributed by atoms with Crippen LogP contribution in [0.25, 0.3) is 10.9 Å². The van der Waals surface area contributed by atoms with Crippen molar-refractivity contribution in [2.45, 2.75) is 26.7 Å². The number of nitrogens with zero attached hydrogens (tertiary/aromatic N) is 2. The molecule has 1 aromatic heterocycles. The van der Waals surface area contributed by atoms with Crippen molar-refractivity contribution in [2.24, 2.45) is 0 Å². The molecular weight excluding hydrogens is 326 g/mol. The number of hydrogen-bond acceptors (Lipinski definition) is 2. The van der Waals surface area contributed by atoms with E-state index in [1.807, 2.05) is 12.1 Å². The summed E-state index contributed by atoms with van der Waals surface area (Å²) in [4.78, 5) is 10.3. The zero-order chi connectivity index (χ0) is 13.0. The molecule has 0 aliphatic carbocycles. The van der Waals surface area contributed by atoms with E-state index < -0.39 is 0 Å². The molecule has 0 aliphatic heterocycles. The highest BCUT2D eigenvalue weighted by molar-refractivity contribution is 9.10. The van der Waals surface area contributed by atoms with Crippen molar-refractivity contribution < 1.29 is 17.3 Å². The number of rotatable bonds is 5. The molecule has 0 fully saturated rings. The lowest BCUT2D eigenvalue weighted by Crippen LogP contribution is -3.07. The molecule has 0 amide bonds. The molecule has 1 N–H and O–H groups in total. The van der Waals surface area contributed by atoms with Crippen molar-refractivity contribution in [1.82, 2.24) is 9.97 Å². The first-order chi connectivity index (χ1) is 8.76. The molecule has 0 spiro atoms. The Kier molecular flexibility index (Phi) is 6.69. The van der Waals surface area contributed by atoms with Crippen LogP contribution in [0.3, 0.4) is 0 Å². The standard InChI is InChI=1S/C14H18BrN3.ClH/c1-3-7-18(8-4-2)14-12-9-11(15)5-6-13(12)16-10-17-14;/h5-6,9-10H,3-4,7-8H2,1-2H3;1H. The fourth-order valence-electron chi connectivity index (χ4n) is 2.28. The van der Waals surface area contributed by atoms with Crippen LogP contribution in [0.2, 0.25) is 0 Å². The van der Waals surface area contributed by atoms with Gasteiger partial charge < -0.3 is 12.4 Å². The van der Waals surface area contributed by atoms with Crippen LogP contribution in [0.15, 0.2) is 29.0 Å². The topological polar surface area (TPSA) is 30.2 Å². The third-order valence-corrected chi connectivity index (χ3v) is 3.53. The highest BCUT2D eigenvalue weighted by Crippen LogP contribution is 2.21. The van der Waals surface area contributed by atoms with Crippen LogP contribution >= 0.6 is 15.9 Å². The summed E-state index contributed by atoms with van der Waals surface area (Å²) in [5.74, 6) is 1.13. The van der Waals surface area contributed by atoms with Gasteiger partial charge in [-0.25, -0.2) is 4.98 Å². The van der Waals surface area contributed by atoms with Crippen LogP contribution in [0, 0.1) is 0 Å². The molecule has 3 nitrogen and oxygen atoms in total. The minimum atomic E-state index is 0. The van der Waals surface area contributed by atoms with Crippen LogP contribution in [0.5, 0.6) is 0 Å². The quantitative estimate of drug-likeness (QED) is 0.809. The molecule has 0 atom stereocenters. The van der Waals surface area contributed by atoms with E-state index in [0.717, 1.165) is 47.1 Å². The molecule has 104 valence electrons. The van der Waals surface area contributed by atoms with Gasteiger partial charge in [0.15, 0.2) is 0 Å². The Morgan fingerprint density at radius 1 is 1.11 bits per heavy atom. The molecule has 1 aromatic carbocycles. The van der Waals surface area contributed by atoms with Crippen molar-refractivity contribution in [3.05, 3.63) is 29.0 Å². The number of halogens is 2. The number of hydrogen-bond donors (Lipinski definition) is 1. The summed E-state index contributed by atoms with van der Waals surface area (Å²) in [6, 6.07) is 6.19. The number of nitrogens with one attached hydrogen (secondary N) is 1. The predicted molar refractivity (Wildman–Crippen MR) is 78.2 cm³/mol. The molecule has 0 bridgehead atoms. The van der Waals surface area contributed by atoms with E-state index >= 15 is 0 Å². The maximum absolute atomic E-state index is 4.52. The number of aromatic nitrogens is 2. The molecule has 2 rings (SSSR count). The van der Waals surface area contributed by atoms with E-state index in [1.54, 1.807) is 6.33 Å². The lowest BCUT2D eigenvalue weighted by Gasteiger charge is -2.17. The van der Waals surface area contributed by atoms with Gasteiger partial charge in [-0.05, 0) is 31.0 Å². The summed E-state index contributed by atoms with van der Waals surface area (Å²) in [6.07, 6.45) is 4.00. The van der Waals surface area contributed by atoms with Crippen molar-refractivity contribution in [1.29, 1.82) is 0 Å². The normalized spacial score (nSPS) is 10.7. The lowest BCUT2D eigenvalue weighted by atomic mass is 10.2. The Morgan fingerprint density at radius 2 is 1.79 bits per heavy atom. The van der Waals surface area contributed by atoms with E-state index in [0.29, 0.717) is 0 Å². The van der Waals surface area contributed by atoms with Gasteiger partial charge in [-0.2, -0.15) is 4.98 Å². The molecule has 0 unspecified atom stereocenters. The van der Waals surface area contributed by atoms with Crippen molar-refractivity contribution >= 4 is 32.7 Å². The van der Waals surface area contributed by atoms with Crippen molar-refractivity contribution in [3.63, 3.8) is 0 Å². The molecule has 0 saturated carbocycles. The first kappa shape index (κ1) is 16.3. The second-order valence-electron chi connectivity index (χ2n) is 4.49. The predicted octanol–water partition coefficient (Wildman–Crippen LogP) is -0.267. The van der Waals surface area contributed by atoms with Crippen molar-refractivity contribution in [2.75, 3.05) is 13.1 Å². The maximum atomic E-state index is 4.52.